The number of rotatable bonds is 4. The third-order valence-corrected chi connectivity index (χ3v) is 1.21. The predicted octanol–water partition coefficient (Wildman–Crippen LogP) is 1.94. The van der Waals surface area contributed by atoms with E-state index in [1.165, 1.54) is 25.9 Å². The molecular weight excluding hydrogens is 138 g/mol. The van der Waals surface area contributed by atoms with Gasteiger partial charge in [0.1, 0.15) is 0 Å². The molecule has 0 heterocycles. The minimum absolute atomic E-state index is 0. The zero-order valence-corrected chi connectivity index (χ0v) is 8.78. The van der Waals surface area contributed by atoms with Crippen LogP contribution >= 0.6 is 0 Å². The summed E-state index contributed by atoms with van der Waals surface area (Å²) in [6.07, 6.45) is 2.55. The van der Waals surface area contributed by atoms with Gasteiger partial charge in [0.05, 0.1) is 0 Å². The summed E-state index contributed by atoms with van der Waals surface area (Å²) in [5, 5.41) is 0. The summed E-state index contributed by atoms with van der Waals surface area (Å²) in [5.41, 5.74) is 0. The van der Waals surface area contributed by atoms with Gasteiger partial charge in [-0.1, -0.05) is 27.7 Å². The van der Waals surface area contributed by atoms with Crippen LogP contribution < -0.4 is 0 Å². The Morgan fingerprint density at radius 3 is 1.36 bits per heavy atom. The van der Waals surface area contributed by atoms with Gasteiger partial charge in [-0.05, 0) is 33.0 Å². The summed E-state index contributed by atoms with van der Waals surface area (Å²) < 4.78 is 0. The maximum atomic E-state index is 2.36. The fourth-order valence-corrected chi connectivity index (χ4v) is 0.875. The Labute approximate surface area is 71.9 Å². The van der Waals surface area contributed by atoms with E-state index in [1.54, 1.807) is 0 Å². The molecule has 0 rings (SSSR count). The summed E-state index contributed by atoms with van der Waals surface area (Å²) >= 11 is 0. The number of hydrogen-bond donors (Lipinski definition) is 0. The quantitative estimate of drug-likeness (QED) is 0.623. The molecule has 0 aliphatic rings. The number of hydrogen-bond acceptors (Lipinski definition) is 1. The summed E-state index contributed by atoms with van der Waals surface area (Å²) in [6.45, 7) is 10.9. The molecule has 11 heavy (non-hydrogen) atoms. The second-order valence-electron chi connectivity index (χ2n) is 2.30. The van der Waals surface area contributed by atoms with Crippen molar-refractivity contribution in [1.29, 1.82) is 0 Å². The summed E-state index contributed by atoms with van der Waals surface area (Å²) in [5.74, 6) is 0. The predicted molar refractivity (Wildman–Crippen MR) is 53.0 cm³/mol. The molecule has 0 saturated carbocycles. The van der Waals surface area contributed by atoms with Gasteiger partial charge in [0.15, 0.2) is 0 Å². The molecular formula is C9H25NO. The maximum absolute atomic E-state index is 2.36. The lowest BCUT2D eigenvalue weighted by Crippen LogP contribution is -2.19. The Morgan fingerprint density at radius 1 is 0.909 bits per heavy atom. The Balaban J connectivity index is -0.000000196. The van der Waals surface area contributed by atoms with Crippen LogP contribution in [0, 0.1) is 0 Å². The lowest BCUT2D eigenvalue weighted by atomic mass is 10.4. The van der Waals surface area contributed by atoms with Gasteiger partial charge < -0.3 is 10.4 Å². The molecule has 0 spiro atoms. The third-order valence-electron chi connectivity index (χ3n) is 1.21. The average molecular weight is 163 g/mol. The molecule has 0 amide bonds. The van der Waals surface area contributed by atoms with Gasteiger partial charge in [0.2, 0.25) is 0 Å². The highest BCUT2D eigenvalue weighted by Gasteiger charge is 1.90. The monoisotopic (exact) mass is 163 g/mol. The van der Waals surface area contributed by atoms with Crippen LogP contribution in [-0.4, -0.2) is 30.5 Å². The topological polar surface area (TPSA) is 34.7 Å². The molecule has 0 atom stereocenters. The molecule has 0 aliphatic carbocycles. The molecule has 0 unspecified atom stereocenters. The summed E-state index contributed by atoms with van der Waals surface area (Å²) in [4.78, 5) is 2.36. The Hall–Kier alpha value is -0.0800. The van der Waals surface area contributed by atoms with E-state index in [4.69, 9.17) is 0 Å². The molecule has 0 aromatic carbocycles. The molecule has 2 N–H and O–H groups in total. The largest absolute Gasteiger partial charge is 0.412 e. The Kier molecular flexibility index (Phi) is 25.7. The zero-order valence-electron chi connectivity index (χ0n) is 8.78. The van der Waals surface area contributed by atoms with Crippen LogP contribution in [0.1, 0.15) is 40.5 Å². The van der Waals surface area contributed by atoms with Crippen molar-refractivity contribution in [2.75, 3.05) is 20.1 Å². The second kappa shape index (κ2) is 16.5. The van der Waals surface area contributed by atoms with Crippen LogP contribution in [0.3, 0.4) is 0 Å². The maximum Gasteiger partial charge on any atom is -0.00244 e. The fraction of sp³-hybridized carbons (Fsp3) is 1.00. The first-order valence-electron chi connectivity index (χ1n) is 4.49. The van der Waals surface area contributed by atoms with Crippen molar-refractivity contribution in [3.8, 4) is 0 Å². The van der Waals surface area contributed by atoms with Gasteiger partial charge in [0, 0.05) is 0 Å². The van der Waals surface area contributed by atoms with Crippen LogP contribution in [0.2, 0.25) is 0 Å². The second-order valence-corrected chi connectivity index (χ2v) is 2.30. The Bertz CT molecular complexity index is 42.8. The van der Waals surface area contributed by atoms with Gasteiger partial charge >= 0.3 is 0 Å². The fourth-order valence-electron chi connectivity index (χ4n) is 0.875. The SMILES string of the molecule is CC.CCCN(C)CCC.O. The van der Waals surface area contributed by atoms with E-state index in [9.17, 15) is 0 Å². The van der Waals surface area contributed by atoms with Crippen molar-refractivity contribution in [3.63, 3.8) is 0 Å². The van der Waals surface area contributed by atoms with Crippen LogP contribution in [-0.2, 0) is 0 Å². The first-order valence-corrected chi connectivity index (χ1v) is 4.49. The molecule has 0 aromatic heterocycles. The molecule has 0 aliphatic heterocycles. The molecule has 0 radical (unpaired) electrons. The first-order chi connectivity index (χ1) is 4.81. The van der Waals surface area contributed by atoms with E-state index in [0.29, 0.717) is 0 Å². The molecule has 0 aromatic rings. The van der Waals surface area contributed by atoms with E-state index < -0.39 is 0 Å². The van der Waals surface area contributed by atoms with Gasteiger partial charge in [-0.2, -0.15) is 0 Å². The smallest absolute Gasteiger partial charge is 0.00244 e. The highest BCUT2D eigenvalue weighted by molar-refractivity contribution is 4.45. The molecule has 0 saturated heterocycles. The lowest BCUT2D eigenvalue weighted by Gasteiger charge is -2.12. The molecule has 2 heteroatoms. The molecule has 2 nitrogen and oxygen atoms in total. The normalized spacial score (nSPS) is 8.18. The summed E-state index contributed by atoms with van der Waals surface area (Å²) in [7, 11) is 2.17. The van der Waals surface area contributed by atoms with E-state index in [0.717, 1.165) is 0 Å². The molecule has 0 fully saturated rings. The van der Waals surface area contributed by atoms with Crippen LogP contribution in [0.25, 0.3) is 0 Å². The van der Waals surface area contributed by atoms with Crippen LogP contribution in [0.4, 0.5) is 0 Å². The van der Waals surface area contributed by atoms with Gasteiger partial charge in [-0.25, -0.2) is 0 Å². The van der Waals surface area contributed by atoms with E-state index in [2.05, 4.69) is 25.8 Å². The minimum Gasteiger partial charge on any atom is -0.412 e. The van der Waals surface area contributed by atoms with Crippen molar-refractivity contribution in [3.05, 3.63) is 0 Å². The van der Waals surface area contributed by atoms with Crippen molar-refractivity contribution >= 4 is 0 Å². The van der Waals surface area contributed by atoms with E-state index in [1.807, 2.05) is 13.8 Å². The van der Waals surface area contributed by atoms with Crippen molar-refractivity contribution in [1.82, 2.24) is 4.90 Å². The molecule has 72 valence electrons. The lowest BCUT2D eigenvalue weighted by molar-refractivity contribution is 0.335. The van der Waals surface area contributed by atoms with E-state index in [-0.39, 0.29) is 5.48 Å². The van der Waals surface area contributed by atoms with Crippen molar-refractivity contribution in [2.24, 2.45) is 0 Å². The summed E-state index contributed by atoms with van der Waals surface area (Å²) in [6, 6.07) is 0. The van der Waals surface area contributed by atoms with Crippen molar-refractivity contribution in [2.45, 2.75) is 40.5 Å². The standard InChI is InChI=1S/C7H17N.C2H6.H2O/c1-4-6-8(3)7-5-2;1-2;/h4-7H2,1-3H3;1-2H3;1H2. The Morgan fingerprint density at radius 2 is 1.18 bits per heavy atom. The molecule has 0 bridgehead atoms. The average Bonchev–Trinajstić information content (AvgIpc) is 1.93. The zero-order chi connectivity index (χ0) is 8.41. The van der Waals surface area contributed by atoms with E-state index >= 15 is 0 Å². The number of nitrogens with zero attached hydrogens (tertiary/aromatic N) is 1. The highest BCUT2D eigenvalue weighted by Crippen LogP contribution is 1.86. The third kappa shape index (κ3) is 17.8. The van der Waals surface area contributed by atoms with Crippen LogP contribution in [0.5, 0.6) is 0 Å². The minimum atomic E-state index is 0. The van der Waals surface area contributed by atoms with Gasteiger partial charge in [0.25, 0.3) is 0 Å². The van der Waals surface area contributed by atoms with Gasteiger partial charge in [-0.3, -0.25) is 0 Å². The van der Waals surface area contributed by atoms with Crippen molar-refractivity contribution < 1.29 is 5.48 Å². The highest BCUT2D eigenvalue weighted by atomic mass is 16.0. The van der Waals surface area contributed by atoms with Gasteiger partial charge in [-0.15, -0.1) is 0 Å². The first kappa shape index (κ1) is 17.1. The van der Waals surface area contributed by atoms with Crippen LogP contribution in [0.15, 0.2) is 0 Å².